The molecule has 10 rings (SSSR count). The minimum absolute atomic E-state index is 0.687. The Morgan fingerprint density at radius 1 is 0.396 bits per heavy atom. The Morgan fingerprint density at radius 3 is 1.92 bits per heavy atom. The standard InChI is InChI=1S/C44H26N2OS/c1-2-10-27(11-3-1)28-12-8-13-29(24-28)30-14-9-15-32(25-30)44-45-42(31-20-23-40-36(26-31)33-16-5-7-19-39(33)48-40)35-21-22-38-41(43(35)46-44)34-17-4-6-18-37(34)47-38/h1-26H. The summed E-state index contributed by atoms with van der Waals surface area (Å²) >= 11 is 1.83. The quantitative estimate of drug-likeness (QED) is 0.194. The van der Waals surface area contributed by atoms with Crippen LogP contribution in [0.2, 0.25) is 0 Å². The van der Waals surface area contributed by atoms with Crippen molar-refractivity contribution in [2.45, 2.75) is 0 Å². The largest absolute Gasteiger partial charge is 0.456 e. The Labute approximate surface area is 280 Å². The summed E-state index contributed by atoms with van der Waals surface area (Å²) in [7, 11) is 0. The molecule has 3 aromatic heterocycles. The molecule has 0 aliphatic heterocycles. The molecule has 0 unspecified atom stereocenters. The number of nitrogens with zero attached hydrogens (tertiary/aromatic N) is 2. The van der Waals surface area contributed by atoms with E-state index in [0.29, 0.717) is 5.82 Å². The summed E-state index contributed by atoms with van der Waals surface area (Å²) in [6.45, 7) is 0. The normalized spacial score (nSPS) is 11.8. The van der Waals surface area contributed by atoms with Crippen molar-refractivity contribution in [3.63, 3.8) is 0 Å². The molecule has 0 saturated carbocycles. The summed E-state index contributed by atoms with van der Waals surface area (Å²) < 4.78 is 8.87. The minimum Gasteiger partial charge on any atom is -0.456 e. The maximum Gasteiger partial charge on any atom is 0.160 e. The zero-order valence-electron chi connectivity index (χ0n) is 25.7. The number of thiophene rings is 1. The summed E-state index contributed by atoms with van der Waals surface area (Å²) in [5, 5.41) is 5.59. The van der Waals surface area contributed by atoms with Crippen LogP contribution in [0.15, 0.2) is 162 Å². The molecule has 10 aromatic rings. The highest BCUT2D eigenvalue weighted by atomic mass is 32.1. The maximum atomic E-state index is 6.31. The van der Waals surface area contributed by atoms with Gasteiger partial charge in [0.15, 0.2) is 5.82 Å². The third-order valence-electron chi connectivity index (χ3n) is 9.28. The molecule has 0 aliphatic rings. The van der Waals surface area contributed by atoms with Crippen LogP contribution in [0.3, 0.4) is 0 Å². The fourth-order valence-corrected chi connectivity index (χ4v) is 8.06. The van der Waals surface area contributed by atoms with Gasteiger partial charge in [0.2, 0.25) is 0 Å². The third-order valence-corrected chi connectivity index (χ3v) is 10.4. The molecule has 0 amide bonds. The predicted molar refractivity (Wildman–Crippen MR) is 201 cm³/mol. The van der Waals surface area contributed by atoms with Crippen LogP contribution < -0.4 is 0 Å². The van der Waals surface area contributed by atoms with Crippen LogP contribution in [0.25, 0.3) is 97.9 Å². The topological polar surface area (TPSA) is 38.9 Å². The zero-order valence-corrected chi connectivity index (χ0v) is 26.5. The number of para-hydroxylation sites is 1. The van der Waals surface area contributed by atoms with Crippen LogP contribution in [0, 0.1) is 0 Å². The van der Waals surface area contributed by atoms with Gasteiger partial charge in [0.1, 0.15) is 11.2 Å². The zero-order chi connectivity index (χ0) is 31.6. The SMILES string of the molecule is c1ccc(-c2cccc(-c3cccc(-c4nc(-c5ccc6sc7ccccc7c6c5)c5ccc6oc7ccccc7c6c5n4)c3)c2)cc1. The first-order chi connectivity index (χ1) is 23.8. The second kappa shape index (κ2) is 10.7. The summed E-state index contributed by atoms with van der Waals surface area (Å²) in [5.74, 6) is 0.687. The van der Waals surface area contributed by atoms with E-state index in [0.717, 1.165) is 60.8 Å². The fraction of sp³-hybridized carbons (Fsp3) is 0. The molecule has 3 heterocycles. The first-order valence-corrected chi connectivity index (χ1v) is 16.9. The first kappa shape index (κ1) is 27.1. The van der Waals surface area contributed by atoms with Crippen molar-refractivity contribution < 1.29 is 4.42 Å². The van der Waals surface area contributed by atoms with Gasteiger partial charge >= 0.3 is 0 Å². The second-order valence-electron chi connectivity index (χ2n) is 12.2. The molecule has 0 radical (unpaired) electrons. The minimum atomic E-state index is 0.687. The van der Waals surface area contributed by atoms with Gasteiger partial charge < -0.3 is 4.42 Å². The van der Waals surface area contributed by atoms with E-state index < -0.39 is 0 Å². The van der Waals surface area contributed by atoms with Gasteiger partial charge in [-0.3, -0.25) is 0 Å². The molecule has 0 bridgehead atoms. The van der Waals surface area contributed by atoms with Crippen LogP contribution in [-0.4, -0.2) is 9.97 Å². The van der Waals surface area contributed by atoms with Crippen molar-refractivity contribution in [3.05, 3.63) is 158 Å². The monoisotopic (exact) mass is 630 g/mol. The highest BCUT2D eigenvalue weighted by molar-refractivity contribution is 7.25. The van der Waals surface area contributed by atoms with E-state index in [-0.39, 0.29) is 0 Å². The lowest BCUT2D eigenvalue weighted by atomic mass is 9.97. The van der Waals surface area contributed by atoms with Gasteiger partial charge in [0.25, 0.3) is 0 Å². The summed E-state index contributed by atoms with van der Waals surface area (Å²) in [4.78, 5) is 10.7. The van der Waals surface area contributed by atoms with Crippen LogP contribution in [-0.2, 0) is 0 Å². The lowest BCUT2D eigenvalue weighted by molar-refractivity contribution is 0.669. The molecule has 0 aliphatic carbocycles. The van der Waals surface area contributed by atoms with E-state index in [1.807, 2.05) is 23.5 Å². The molecule has 0 spiro atoms. The van der Waals surface area contributed by atoms with Crippen molar-refractivity contribution in [1.82, 2.24) is 9.97 Å². The Morgan fingerprint density at radius 2 is 1.06 bits per heavy atom. The highest BCUT2D eigenvalue weighted by Gasteiger charge is 2.19. The van der Waals surface area contributed by atoms with Crippen LogP contribution in [0.4, 0.5) is 0 Å². The summed E-state index contributed by atoms with van der Waals surface area (Å²) in [5.41, 5.74) is 10.2. The van der Waals surface area contributed by atoms with Crippen molar-refractivity contribution in [1.29, 1.82) is 0 Å². The van der Waals surface area contributed by atoms with E-state index in [2.05, 4.69) is 146 Å². The van der Waals surface area contributed by atoms with Gasteiger partial charge in [-0.05, 0) is 70.8 Å². The van der Waals surface area contributed by atoms with Crippen LogP contribution in [0.5, 0.6) is 0 Å². The number of furan rings is 1. The molecule has 4 heteroatoms. The van der Waals surface area contributed by atoms with Gasteiger partial charge in [0.05, 0.1) is 16.6 Å². The molecule has 0 N–H and O–H groups in total. The van der Waals surface area contributed by atoms with Gasteiger partial charge in [-0.2, -0.15) is 0 Å². The number of hydrogen-bond donors (Lipinski definition) is 0. The lowest BCUT2D eigenvalue weighted by Crippen LogP contribution is -1.96. The first-order valence-electron chi connectivity index (χ1n) is 16.1. The number of benzene rings is 7. The fourth-order valence-electron chi connectivity index (χ4n) is 6.97. The van der Waals surface area contributed by atoms with Crippen molar-refractivity contribution in [3.8, 4) is 44.9 Å². The smallest absolute Gasteiger partial charge is 0.160 e. The Kier molecular flexibility index (Phi) is 6.05. The molecule has 0 saturated heterocycles. The maximum absolute atomic E-state index is 6.31. The molecule has 0 atom stereocenters. The van der Waals surface area contributed by atoms with E-state index in [9.17, 15) is 0 Å². The summed E-state index contributed by atoms with van der Waals surface area (Å²) in [6.07, 6.45) is 0. The molecule has 0 fully saturated rings. The Balaban J connectivity index is 1.21. The summed E-state index contributed by atoms with van der Waals surface area (Å²) in [6, 6.07) is 55.5. The molecule has 3 nitrogen and oxygen atoms in total. The van der Waals surface area contributed by atoms with Gasteiger partial charge in [-0.15, -0.1) is 11.3 Å². The molecule has 224 valence electrons. The van der Waals surface area contributed by atoms with E-state index in [1.165, 1.54) is 31.3 Å². The van der Waals surface area contributed by atoms with Crippen molar-refractivity contribution in [2.24, 2.45) is 0 Å². The molecule has 48 heavy (non-hydrogen) atoms. The third kappa shape index (κ3) is 4.34. The molecular weight excluding hydrogens is 605 g/mol. The average Bonchev–Trinajstić information content (AvgIpc) is 3.73. The number of aromatic nitrogens is 2. The van der Waals surface area contributed by atoms with Gasteiger partial charge in [-0.25, -0.2) is 9.97 Å². The van der Waals surface area contributed by atoms with Crippen molar-refractivity contribution in [2.75, 3.05) is 0 Å². The van der Waals surface area contributed by atoms with E-state index in [4.69, 9.17) is 14.4 Å². The van der Waals surface area contributed by atoms with E-state index in [1.54, 1.807) is 0 Å². The van der Waals surface area contributed by atoms with Crippen LogP contribution in [0.1, 0.15) is 0 Å². The van der Waals surface area contributed by atoms with Crippen LogP contribution >= 0.6 is 11.3 Å². The molecule has 7 aromatic carbocycles. The predicted octanol–water partition coefficient (Wildman–Crippen LogP) is 12.6. The Hall–Kier alpha value is -6.10. The Bertz CT molecular complexity index is 2850. The number of hydrogen-bond acceptors (Lipinski definition) is 4. The molecular formula is C44H26N2OS. The van der Waals surface area contributed by atoms with Gasteiger partial charge in [0, 0.05) is 42.1 Å². The van der Waals surface area contributed by atoms with E-state index >= 15 is 0 Å². The van der Waals surface area contributed by atoms with Crippen molar-refractivity contribution >= 4 is 64.4 Å². The lowest BCUT2D eigenvalue weighted by Gasteiger charge is -2.12. The average molecular weight is 631 g/mol. The number of rotatable bonds is 4. The highest BCUT2D eigenvalue weighted by Crippen LogP contribution is 2.41. The number of fused-ring (bicyclic) bond motifs is 8. The van der Waals surface area contributed by atoms with Gasteiger partial charge in [-0.1, -0.05) is 109 Å². The second-order valence-corrected chi connectivity index (χ2v) is 13.2.